The highest BCUT2D eigenvalue weighted by atomic mass is 19.3. The average molecular weight is 215 g/mol. The molecule has 4 nitrogen and oxygen atoms in total. The molecule has 6 heteroatoms. The van der Waals surface area contributed by atoms with E-state index in [0.717, 1.165) is 0 Å². The first kappa shape index (κ1) is 10.2. The van der Waals surface area contributed by atoms with Gasteiger partial charge in [-0.05, 0) is 6.42 Å². The summed E-state index contributed by atoms with van der Waals surface area (Å²) in [5, 5.41) is 7.19. The van der Waals surface area contributed by atoms with Crippen LogP contribution in [0.15, 0.2) is 6.20 Å². The van der Waals surface area contributed by atoms with Crippen LogP contribution in [0, 0.1) is 5.92 Å². The third kappa shape index (κ3) is 1.75. The molecule has 0 spiro atoms. The van der Waals surface area contributed by atoms with Crippen LogP contribution in [0.4, 0.5) is 8.78 Å². The minimum Gasteiger partial charge on any atom is -0.293 e. The molecule has 0 bridgehead atoms. The predicted octanol–water partition coefficient (Wildman–Crippen LogP) is 1.53. The van der Waals surface area contributed by atoms with Gasteiger partial charge in [-0.15, -0.1) is 5.10 Å². The van der Waals surface area contributed by atoms with E-state index in [1.807, 2.05) is 0 Å². The lowest BCUT2D eigenvalue weighted by atomic mass is 9.81. The van der Waals surface area contributed by atoms with Gasteiger partial charge >= 0.3 is 0 Å². The molecule has 1 aliphatic rings. The van der Waals surface area contributed by atoms with E-state index in [2.05, 4.69) is 10.3 Å². The highest BCUT2D eigenvalue weighted by Crippen LogP contribution is 2.44. The average Bonchev–Trinajstić information content (AvgIpc) is 2.60. The second kappa shape index (κ2) is 3.36. The van der Waals surface area contributed by atoms with Crippen LogP contribution in [0.5, 0.6) is 0 Å². The van der Waals surface area contributed by atoms with Gasteiger partial charge in [0.15, 0.2) is 5.78 Å². The number of rotatable bonds is 3. The molecule has 1 aliphatic carbocycles. The van der Waals surface area contributed by atoms with Crippen molar-refractivity contribution in [2.45, 2.75) is 32.2 Å². The molecular formula is C9H11F2N3O. The number of nitrogens with zero attached hydrogens (tertiary/aromatic N) is 3. The Hall–Kier alpha value is -1.33. The molecule has 0 aliphatic heterocycles. The Morgan fingerprint density at radius 1 is 1.73 bits per heavy atom. The van der Waals surface area contributed by atoms with Crippen LogP contribution in [-0.2, 0) is 6.54 Å². The van der Waals surface area contributed by atoms with Crippen molar-refractivity contribution in [2.75, 3.05) is 0 Å². The number of aromatic nitrogens is 3. The van der Waals surface area contributed by atoms with Gasteiger partial charge in [-0.2, -0.15) is 0 Å². The zero-order chi connectivity index (χ0) is 11.1. The smallest absolute Gasteiger partial charge is 0.252 e. The van der Waals surface area contributed by atoms with Crippen molar-refractivity contribution in [3.05, 3.63) is 11.9 Å². The van der Waals surface area contributed by atoms with E-state index < -0.39 is 11.8 Å². The van der Waals surface area contributed by atoms with Crippen LogP contribution < -0.4 is 0 Å². The molecule has 0 aromatic carbocycles. The van der Waals surface area contributed by atoms with E-state index in [-0.39, 0.29) is 24.4 Å². The van der Waals surface area contributed by atoms with Gasteiger partial charge < -0.3 is 0 Å². The Balaban J connectivity index is 2.11. The fourth-order valence-electron chi connectivity index (χ4n) is 1.67. The van der Waals surface area contributed by atoms with Gasteiger partial charge in [0, 0.05) is 19.3 Å². The number of carbonyl (C=O) groups is 1. The summed E-state index contributed by atoms with van der Waals surface area (Å²) in [5.74, 6) is -3.53. The number of halogens is 2. The van der Waals surface area contributed by atoms with Crippen LogP contribution in [-0.4, -0.2) is 26.7 Å². The van der Waals surface area contributed by atoms with Crippen molar-refractivity contribution >= 4 is 5.78 Å². The summed E-state index contributed by atoms with van der Waals surface area (Å²) in [6.45, 7) is 1.44. The summed E-state index contributed by atoms with van der Waals surface area (Å²) in [7, 11) is 0. The molecule has 1 saturated carbocycles. The van der Waals surface area contributed by atoms with Gasteiger partial charge in [-0.1, -0.05) is 5.21 Å². The maximum absolute atomic E-state index is 13.0. The number of ketones is 1. The summed E-state index contributed by atoms with van der Waals surface area (Å²) in [6.07, 6.45) is 1.71. The van der Waals surface area contributed by atoms with E-state index in [1.165, 1.54) is 17.8 Å². The van der Waals surface area contributed by atoms with Gasteiger partial charge in [-0.25, -0.2) is 13.5 Å². The number of alkyl halides is 2. The van der Waals surface area contributed by atoms with Crippen LogP contribution in [0.2, 0.25) is 0 Å². The van der Waals surface area contributed by atoms with Gasteiger partial charge in [-0.3, -0.25) is 4.79 Å². The van der Waals surface area contributed by atoms with Crippen molar-refractivity contribution in [1.29, 1.82) is 0 Å². The minimum atomic E-state index is -2.61. The molecule has 0 N–H and O–H groups in total. The van der Waals surface area contributed by atoms with Crippen LogP contribution in [0.1, 0.15) is 30.3 Å². The number of hydrogen-bond donors (Lipinski definition) is 0. The molecule has 1 heterocycles. The quantitative estimate of drug-likeness (QED) is 0.718. The number of hydrogen-bond acceptors (Lipinski definition) is 3. The number of carbonyl (C=O) groups excluding carboxylic acids is 1. The molecule has 0 amide bonds. The molecule has 0 saturated heterocycles. The van der Waals surface area contributed by atoms with Gasteiger partial charge in [0.05, 0.1) is 12.7 Å². The van der Waals surface area contributed by atoms with E-state index in [1.54, 1.807) is 0 Å². The molecule has 1 aromatic heterocycles. The SMILES string of the molecule is CC(=O)c1cnnn1CC1CCC1(F)F. The molecule has 1 unspecified atom stereocenters. The molecule has 0 radical (unpaired) electrons. The lowest BCUT2D eigenvalue weighted by Gasteiger charge is -2.36. The van der Waals surface area contributed by atoms with E-state index in [4.69, 9.17) is 0 Å². The highest BCUT2D eigenvalue weighted by molar-refractivity contribution is 5.91. The zero-order valence-corrected chi connectivity index (χ0v) is 8.28. The summed E-state index contributed by atoms with van der Waals surface area (Å²) in [6, 6.07) is 0. The number of Topliss-reactive ketones (excluding diaryl/α,β-unsaturated/α-hetero) is 1. The largest absolute Gasteiger partial charge is 0.293 e. The lowest BCUT2D eigenvalue weighted by molar-refractivity contribution is -0.138. The normalized spacial score (nSPS) is 23.5. The van der Waals surface area contributed by atoms with Crippen molar-refractivity contribution in [2.24, 2.45) is 5.92 Å². The first-order valence-corrected chi connectivity index (χ1v) is 4.78. The standard InChI is InChI=1S/C9H11F2N3O/c1-6(15)8-4-12-13-14(8)5-7-2-3-9(7,10)11/h4,7H,2-3,5H2,1H3. The Bertz CT molecular complexity index is 388. The van der Waals surface area contributed by atoms with Crippen molar-refractivity contribution in [3.8, 4) is 0 Å². The molecule has 1 atom stereocenters. The summed E-state index contributed by atoms with van der Waals surface area (Å²) >= 11 is 0. The monoisotopic (exact) mass is 215 g/mol. The van der Waals surface area contributed by atoms with Crippen LogP contribution in [0.3, 0.4) is 0 Å². The zero-order valence-electron chi connectivity index (χ0n) is 8.28. The van der Waals surface area contributed by atoms with Crippen molar-refractivity contribution < 1.29 is 13.6 Å². The highest BCUT2D eigenvalue weighted by Gasteiger charge is 2.48. The first-order valence-electron chi connectivity index (χ1n) is 4.78. The summed E-state index contributed by atoms with van der Waals surface area (Å²) < 4.78 is 27.2. The predicted molar refractivity (Wildman–Crippen MR) is 47.7 cm³/mol. The fourth-order valence-corrected chi connectivity index (χ4v) is 1.67. The second-order valence-electron chi connectivity index (χ2n) is 3.85. The maximum Gasteiger partial charge on any atom is 0.252 e. The van der Waals surface area contributed by atoms with Crippen LogP contribution in [0.25, 0.3) is 0 Å². The Morgan fingerprint density at radius 3 is 2.93 bits per heavy atom. The first-order chi connectivity index (χ1) is 7.00. The molecule has 1 fully saturated rings. The van der Waals surface area contributed by atoms with E-state index in [9.17, 15) is 13.6 Å². The van der Waals surface area contributed by atoms with E-state index >= 15 is 0 Å². The lowest BCUT2D eigenvalue weighted by Crippen LogP contribution is -2.41. The Labute approximate surface area is 85.3 Å². The Morgan fingerprint density at radius 2 is 2.47 bits per heavy atom. The Kier molecular flexibility index (Phi) is 2.28. The molecule has 15 heavy (non-hydrogen) atoms. The molecule has 2 rings (SSSR count). The molecule has 82 valence electrons. The third-order valence-corrected chi connectivity index (χ3v) is 2.80. The summed E-state index contributed by atoms with van der Waals surface area (Å²) in [4.78, 5) is 11.1. The van der Waals surface area contributed by atoms with Gasteiger partial charge in [0.25, 0.3) is 5.92 Å². The molecule has 1 aromatic rings. The van der Waals surface area contributed by atoms with Gasteiger partial charge in [0.2, 0.25) is 0 Å². The van der Waals surface area contributed by atoms with Gasteiger partial charge in [0.1, 0.15) is 5.69 Å². The maximum atomic E-state index is 13.0. The topological polar surface area (TPSA) is 47.8 Å². The molecular weight excluding hydrogens is 204 g/mol. The summed E-state index contributed by atoms with van der Waals surface area (Å²) in [5.41, 5.74) is 0.290. The van der Waals surface area contributed by atoms with E-state index in [0.29, 0.717) is 6.42 Å². The fraction of sp³-hybridized carbons (Fsp3) is 0.667. The second-order valence-corrected chi connectivity index (χ2v) is 3.85. The van der Waals surface area contributed by atoms with Crippen LogP contribution >= 0.6 is 0 Å². The third-order valence-electron chi connectivity index (χ3n) is 2.80. The van der Waals surface area contributed by atoms with Crippen molar-refractivity contribution in [3.63, 3.8) is 0 Å². The minimum absolute atomic E-state index is 0.0677. The van der Waals surface area contributed by atoms with Crippen molar-refractivity contribution in [1.82, 2.24) is 15.0 Å².